The zero-order valence-electron chi connectivity index (χ0n) is 6.57. The summed E-state index contributed by atoms with van der Waals surface area (Å²) in [5.41, 5.74) is 0.945. The van der Waals surface area contributed by atoms with Gasteiger partial charge in [0.1, 0.15) is 5.69 Å². The fourth-order valence-corrected chi connectivity index (χ4v) is 1.40. The van der Waals surface area contributed by atoms with Gasteiger partial charge in [-0.2, -0.15) is 0 Å². The summed E-state index contributed by atoms with van der Waals surface area (Å²) >= 11 is 5.91. The van der Waals surface area contributed by atoms with E-state index in [1.54, 1.807) is 6.07 Å². The molecule has 0 radical (unpaired) electrons. The van der Waals surface area contributed by atoms with Crippen molar-refractivity contribution < 1.29 is 0 Å². The Balaban J connectivity index is 2.86. The zero-order chi connectivity index (χ0) is 9.26. The Bertz CT molecular complexity index is 470. The number of benzene rings is 1. The quantitative estimate of drug-likeness (QED) is 0.651. The van der Waals surface area contributed by atoms with Crippen LogP contribution in [-0.4, -0.2) is 4.98 Å². The largest absolute Gasteiger partial charge is 0.254 e. The fourth-order valence-electron chi connectivity index (χ4n) is 1.16. The fraction of sp³-hybridized carbons (Fsp3) is 0. The Hall–Kier alpha value is -1.48. The van der Waals surface area contributed by atoms with E-state index in [4.69, 9.17) is 11.6 Å². The zero-order valence-corrected chi connectivity index (χ0v) is 7.32. The van der Waals surface area contributed by atoms with E-state index in [0.717, 1.165) is 10.9 Å². The molecule has 4 heteroatoms. The summed E-state index contributed by atoms with van der Waals surface area (Å²) in [5.74, 6) is 0. The van der Waals surface area contributed by atoms with Crippen LogP contribution in [0.1, 0.15) is 0 Å². The number of hydrogen-bond donors (Lipinski definition) is 0. The molecule has 0 saturated carbocycles. The lowest BCUT2D eigenvalue weighted by atomic mass is 10.2. The van der Waals surface area contributed by atoms with Crippen LogP contribution in [0.4, 0.5) is 5.69 Å². The molecular formula is C9H5ClN2O. The predicted molar refractivity (Wildman–Crippen MR) is 52.2 cm³/mol. The number of fused-ring (bicyclic) bond motifs is 1. The van der Waals surface area contributed by atoms with E-state index in [-0.39, 0.29) is 5.69 Å². The number of halogens is 1. The lowest BCUT2D eigenvalue weighted by Gasteiger charge is -1.99. The summed E-state index contributed by atoms with van der Waals surface area (Å²) < 4.78 is 0. The Kier molecular flexibility index (Phi) is 1.94. The summed E-state index contributed by atoms with van der Waals surface area (Å²) in [6, 6.07) is 7.33. The van der Waals surface area contributed by atoms with Crippen molar-refractivity contribution in [1.82, 2.24) is 4.98 Å². The Morgan fingerprint density at radius 2 is 2.08 bits per heavy atom. The van der Waals surface area contributed by atoms with Crippen molar-refractivity contribution in [2.75, 3.05) is 0 Å². The minimum Gasteiger partial charge on any atom is -0.254 e. The standard InChI is InChI=1S/C9H5ClN2O/c10-9-6-3-1-2-4-7(6)11-5-8(9)12-13/h1-5H. The van der Waals surface area contributed by atoms with Crippen molar-refractivity contribution in [3.8, 4) is 0 Å². The first-order valence-electron chi connectivity index (χ1n) is 3.69. The van der Waals surface area contributed by atoms with Crippen molar-refractivity contribution in [2.45, 2.75) is 0 Å². The average Bonchev–Trinajstić information content (AvgIpc) is 2.19. The van der Waals surface area contributed by atoms with Gasteiger partial charge in [0.25, 0.3) is 0 Å². The van der Waals surface area contributed by atoms with Crippen LogP contribution in [0.25, 0.3) is 10.9 Å². The molecular weight excluding hydrogens is 188 g/mol. The molecule has 3 nitrogen and oxygen atoms in total. The molecule has 0 aliphatic rings. The summed E-state index contributed by atoms with van der Waals surface area (Å²) in [5, 5.41) is 3.89. The highest BCUT2D eigenvalue weighted by molar-refractivity contribution is 6.37. The van der Waals surface area contributed by atoms with Gasteiger partial charge in [-0.1, -0.05) is 29.8 Å². The van der Waals surface area contributed by atoms with E-state index in [2.05, 4.69) is 10.2 Å². The van der Waals surface area contributed by atoms with E-state index in [1.165, 1.54) is 6.20 Å². The van der Waals surface area contributed by atoms with Gasteiger partial charge in [0.2, 0.25) is 0 Å². The minimum atomic E-state index is 0.181. The van der Waals surface area contributed by atoms with Crippen LogP contribution >= 0.6 is 11.6 Å². The second-order valence-corrected chi connectivity index (χ2v) is 2.94. The first kappa shape index (κ1) is 8.13. The van der Waals surface area contributed by atoms with Gasteiger partial charge in [0.05, 0.1) is 16.7 Å². The van der Waals surface area contributed by atoms with Crippen LogP contribution in [0.3, 0.4) is 0 Å². The molecule has 0 unspecified atom stereocenters. The van der Waals surface area contributed by atoms with E-state index in [0.29, 0.717) is 5.02 Å². The number of para-hydroxylation sites is 1. The molecule has 0 spiro atoms. The monoisotopic (exact) mass is 192 g/mol. The van der Waals surface area contributed by atoms with E-state index in [1.807, 2.05) is 18.2 Å². The number of rotatable bonds is 1. The first-order valence-corrected chi connectivity index (χ1v) is 4.07. The summed E-state index contributed by atoms with van der Waals surface area (Å²) in [6.45, 7) is 0. The van der Waals surface area contributed by atoms with Gasteiger partial charge in [-0.05, 0) is 11.2 Å². The molecule has 0 aliphatic carbocycles. The maximum atomic E-state index is 10.3. The second-order valence-electron chi connectivity index (χ2n) is 2.57. The lowest BCUT2D eigenvalue weighted by molar-refractivity contribution is 1.37. The first-order chi connectivity index (χ1) is 6.33. The molecule has 1 aromatic carbocycles. The normalized spacial score (nSPS) is 10.2. The molecule has 64 valence electrons. The van der Waals surface area contributed by atoms with Gasteiger partial charge in [-0.15, -0.1) is 4.91 Å². The molecule has 2 rings (SSSR count). The van der Waals surface area contributed by atoms with E-state index >= 15 is 0 Å². The van der Waals surface area contributed by atoms with Crippen molar-refractivity contribution in [1.29, 1.82) is 0 Å². The SMILES string of the molecule is O=Nc1cnc2ccccc2c1Cl. The number of pyridine rings is 1. The Morgan fingerprint density at radius 1 is 1.31 bits per heavy atom. The molecule has 0 saturated heterocycles. The molecule has 2 aromatic rings. The van der Waals surface area contributed by atoms with Crippen molar-refractivity contribution in [3.05, 3.63) is 40.4 Å². The van der Waals surface area contributed by atoms with E-state index < -0.39 is 0 Å². The molecule has 0 fully saturated rings. The number of hydrogen-bond acceptors (Lipinski definition) is 3. The summed E-state index contributed by atoms with van der Waals surface area (Å²) in [6.07, 6.45) is 1.37. The Morgan fingerprint density at radius 3 is 2.85 bits per heavy atom. The molecule has 1 aromatic heterocycles. The van der Waals surface area contributed by atoms with Crippen LogP contribution in [-0.2, 0) is 0 Å². The summed E-state index contributed by atoms with van der Waals surface area (Å²) in [4.78, 5) is 14.3. The molecule has 0 aliphatic heterocycles. The van der Waals surface area contributed by atoms with Crippen LogP contribution < -0.4 is 0 Å². The Labute approximate surface area is 79.3 Å². The molecule has 0 bridgehead atoms. The topological polar surface area (TPSA) is 42.3 Å². The molecule has 13 heavy (non-hydrogen) atoms. The van der Waals surface area contributed by atoms with Gasteiger partial charge in [0, 0.05) is 5.39 Å². The lowest BCUT2D eigenvalue weighted by Crippen LogP contribution is -1.79. The molecule has 0 atom stereocenters. The van der Waals surface area contributed by atoms with Crippen LogP contribution in [0, 0.1) is 4.91 Å². The highest BCUT2D eigenvalue weighted by Crippen LogP contribution is 2.30. The van der Waals surface area contributed by atoms with Gasteiger partial charge >= 0.3 is 0 Å². The third kappa shape index (κ3) is 1.27. The van der Waals surface area contributed by atoms with Crippen LogP contribution in [0.5, 0.6) is 0 Å². The van der Waals surface area contributed by atoms with Crippen molar-refractivity contribution in [3.63, 3.8) is 0 Å². The minimum absolute atomic E-state index is 0.181. The summed E-state index contributed by atoms with van der Waals surface area (Å²) in [7, 11) is 0. The van der Waals surface area contributed by atoms with Crippen LogP contribution in [0.15, 0.2) is 35.6 Å². The third-order valence-corrected chi connectivity index (χ3v) is 2.19. The molecule has 0 amide bonds. The van der Waals surface area contributed by atoms with Gasteiger partial charge in [0.15, 0.2) is 0 Å². The average molecular weight is 193 g/mol. The van der Waals surface area contributed by atoms with Gasteiger partial charge in [-0.25, -0.2) is 0 Å². The maximum absolute atomic E-state index is 10.3. The smallest absolute Gasteiger partial charge is 0.145 e. The number of nitrogens with zero attached hydrogens (tertiary/aromatic N) is 2. The number of nitroso groups, excluding NO2 is 1. The molecule has 0 N–H and O–H groups in total. The number of aromatic nitrogens is 1. The third-order valence-electron chi connectivity index (χ3n) is 1.79. The van der Waals surface area contributed by atoms with Crippen molar-refractivity contribution in [2.24, 2.45) is 5.18 Å². The van der Waals surface area contributed by atoms with E-state index in [9.17, 15) is 4.91 Å². The van der Waals surface area contributed by atoms with Gasteiger partial charge < -0.3 is 0 Å². The predicted octanol–water partition coefficient (Wildman–Crippen LogP) is 3.29. The highest BCUT2D eigenvalue weighted by Gasteiger charge is 2.05. The second kappa shape index (κ2) is 3.11. The van der Waals surface area contributed by atoms with Gasteiger partial charge in [-0.3, -0.25) is 4.98 Å². The highest BCUT2D eigenvalue weighted by atomic mass is 35.5. The molecule has 1 heterocycles. The van der Waals surface area contributed by atoms with Crippen LogP contribution in [0.2, 0.25) is 5.02 Å². The van der Waals surface area contributed by atoms with Crippen molar-refractivity contribution >= 4 is 28.2 Å². The maximum Gasteiger partial charge on any atom is 0.145 e.